The fourth-order valence-electron chi connectivity index (χ4n) is 0.784. The summed E-state index contributed by atoms with van der Waals surface area (Å²) in [5.74, 6) is 0.197. The van der Waals surface area contributed by atoms with Gasteiger partial charge in [-0.05, 0) is 28.2 Å². The van der Waals surface area contributed by atoms with E-state index in [1.54, 1.807) is 24.3 Å². The molecule has 0 heterocycles. The average Bonchev–Trinajstić information content (AvgIpc) is 2.31. The molecule has 1 rings (SSSR count). The Hall–Kier alpha value is 0.332. The number of rotatable bonds is 3. The molecule has 17 heavy (non-hydrogen) atoms. The predicted octanol–water partition coefficient (Wildman–Crippen LogP) is 2.19. The van der Waals surface area contributed by atoms with Crippen molar-refractivity contribution in [1.29, 1.82) is 0 Å². The van der Waals surface area contributed by atoms with E-state index in [0.29, 0.717) is 0 Å². The maximum atomic E-state index is 8.58. The van der Waals surface area contributed by atoms with Gasteiger partial charge in [-0.1, -0.05) is 0 Å². The number of hydrogen-bond acceptors (Lipinski definition) is 3. The van der Waals surface area contributed by atoms with Crippen LogP contribution in [0.5, 0.6) is 5.75 Å². The number of likely N-dealkylation sites (N-methyl/N-ethyl adjacent to an activating group) is 2. The van der Waals surface area contributed by atoms with Crippen LogP contribution >= 0.6 is 19.5 Å². The molecule has 0 aliphatic rings. The van der Waals surface area contributed by atoms with Crippen LogP contribution in [-0.4, -0.2) is 56.2 Å². The van der Waals surface area contributed by atoms with Gasteiger partial charge < -0.3 is 14.9 Å². The molecule has 0 saturated carbocycles. The molecule has 0 atom stereocenters. The molecule has 1 N–H and O–H groups in total. The molecular weight excluding hydrogens is 421 g/mol. The van der Waals surface area contributed by atoms with Crippen LogP contribution in [0.3, 0.4) is 0 Å². The molecule has 0 aromatic heterocycles. The normalized spacial score (nSPS) is 9.24. The van der Waals surface area contributed by atoms with Gasteiger partial charge >= 0.3 is 35.1 Å². The second-order valence-electron chi connectivity index (χ2n) is 3.85. The Morgan fingerprint density at radius 1 is 1.12 bits per heavy atom. The van der Waals surface area contributed by atoms with Crippen LogP contribution in [0.4, 0.5) is 0 Å². The summed E-state index contributed by atoms with van der Waals surface area (Å²) in [5, 5.41) is 8.58. The average molecular weight is 443 g/mol. The second-order valence-corrected chi connectivity index (χ2v) is 3.85. The minimum absolute atomic E-state index is 0.197. The molecule has 0 aliphatic carbocycles. The third-order valence-electron chi connectivity index (χ3n) is 1.69. The third kappa shape index (κ3) is 18.9. The van der Waals surface area contributed by atoms with Gasteiger partial charge in [0.2, 0.25) is 0 Å². The summed E-state index contributed by atoms with van der Waals surface area (Å²) in [6, 6.07) is 9.39. The van der Waals surface area contributed by atoms with Crippen molar-refractivity contribution in [2.75, 3.05) is 41.3 Å². The number of phenols is 1. The molecule has 0 bridgehead atoms. The first kappa shape index (κ1) is 19.7. The first-order valence-corrected chi connectivity index (χ1v) is 9.72. The van der Waals surface area contributed by atoms with Crippen molar-refractivity contribution in [3.63, 3.8) is 0 Å². The van der Waals surface area contributed by atoms with Crippen molar-refractivity contribution in [2.24, 2.45) is 0 Å². The van der Waals surface area contributed by atoms with E-state index in [9.17, 15) is 0 Å². The van der Waals surface area contributed by atoms with Crippen molar-refractivity contribution in [2.45, 2.75) is 0 Å². The summed E-state index contributed by atoms with van der Waals surface area (Å²) in [6.45, 7) is 2.29. The van der Waals surface area contributed by atoms with Gasteiger partial charge in [0, 0.05) is 18.8 Å². The monoisotopic (exact) mass is 442 g/mol. The van der Waals surface area contributed by atoms with E-state index in [0.717, 1.165) is 13.1 Å². The van der Waals surface area contributed by atoms with E-state index >= 15 is 0 Å². The van der Waals surface area contributed by atoms with Gasteiger partial charge in [-0.2, -0.15) is 18.2 Å². The fourth-order valence-corrected chi connectivity index (χ4v) is 0.784. The van der Waals surface area contributed by atoms with Crippen LogP contribution < -0.4 is 0 Å². The zero-order valence-electron chi connectivity index (χ0n) is 10.8. The number of para-hydroxylation sites is 1. The molecular formula is C12H21IN2OPd. The van der Waals surface area contributed by atoms with Gasteiger partial charge in [-0.3, -0.25) is 0 Å². The molecule has 3 nitrogen and oxygen atoms in total. The summed E-state index contributed by atoms with van der Waals surface area (Å²) >= 11 is 4.72. The molecule has 5 heteroatoms. The zero-order chi connectivity index (χ0) is 13.7. The number of halogens is 1. The predicted molar refractivity (Wildman–Crippen MR) is 78.1 cm³/mol. The Morgan fingerprint density at radius 3 is 1.76 bits per heavy atom. The molecule has 0 radical (unpaired) electrons. The van der Waals surface area contributed by atoms with Crippen LogP contribution in [0.15, 0.2) is 24.3 Å². The van der Waals surface area contributed by atoms with Gasteiger partial charge in [0.05, 0.1) is 0 Å². The Morgan fingerprint density at radius 2 is 1.59 bits per heavy atom. The Bertz CT molecular complexity index is 238. The van der Waals surface area contributed by atoms with Crippen LogP contribution in [0, 0.1) is 6.07 Å². The summed E-state index contributed by atoms with van der Waals surface area (Å²) in [7, 11) is 8.35. The molecule has 1 aromatic carbocycles. The van der Waals surface area contributed by atoms with E-state index in [4.69, 9.17) is 5.11 Å². The number of phenolic OH excluding ortho intramolecular Hbond substituents is 1. The van der Waals surface area contributed by atoms with Gasteiger partial charge in [0.1, 0.15) is 0 Å². The number of aromatic hydroxyl groups is 1. The van der Waals surface area contributed by atoms with Crippen molar-refractivity contribution >= 4 is 19.5 Å². The van der Waals surface area contributed by atoms with E-state index in [-0.39, 0.29) is 5.75 Å². The fraction of sp³-hybridized carbons (Fsp3) is 0.500. The first-order chi connectivity index (χ1) is 8.02. The van der Waals surface area contributed by atoms with E-state index in [1.807, 2.05) is 19.5 Å². The molecule has 0 spiro atoms. The van der Waals surface area contributed by atoms with E-state index < -0.39 is 0 Å². The van der Waals surface area contributed by atoms with Crippen molar-refractivity contribution in [3.8, 4) is 5.75 Å². The minimum atomic E-state index is 0.197. The molecule has 102 valence electrons. The maximum absolute atomic E-state index is 8.58. The van der Waals surface area contributed by atoms with E-state index in [1.165, 1.54) is 0 Å². The summed E-state index contributed by atoms with van der Waals surface area (Å²) < 4.78 is 0. The van der Waals surface area contributed by atoms with Crippen molar-refractivity contribution in [1.82, 2.24) is 9.80 Å². The van der Waals surface area contributed by atoms with Crippen LogP contribution in [0.1, 0.15) is 0 Å². The zero-order valence-corrected chi connectivity index (χ0v) is 14.5. The quantitative estimate of drug-likeness (QED) is 0.442. The van der Waals surface area contributed by atoms with Crippen LogP contribution in [-0.2, 0) is 15.6 Å². The molecule has 0 aliphatic heterocycles. The van der Waals surface area contributed by atoms with E-state index in [2.05, 4.69) is 59.6 Å². The Balaban J connectivity index is 0. The van der Waals surface area contributed by atoms with Gasteiger partial charge in [0.25, 0.3) is 0 Å². The molecule has 1 aromatic rings. The Kier molecular flexibility index (Phi) is 16.7. The Labute approximate surface area is 127 Å². The van der Waals surface area contributed by atoms with Crippen molar-refractivity contribution in [3.05, 3.63) is 30.3 Å². The van der Waals surface area contributed by atoms with Gasteiger partial charge in [0.15, 0.2) is 0 Å². The van der Waals surface area contributed by atoms with Crippen LogP contribution in [0.2, 0.25) is 0 Å². The molecule has 0 saturated heterocycles. The summed E-state index contributed by atoms with van der Waals surface area (Å²) in [4.78, 5) is 4.36. The molecule has 0 amide bonds. The standard InChI is InChI=1S/C6H16N2.C6H5O.HI.Pd/c1-7(2)5-6-8(3)4;7-6-4-2-1-3-5-6;;/h5-6H2,1-4H3;1-4,7H;1H;/q;-1;;+2/p-1. The molecule has 0 unspecified atom stereocenters. The SMILES string of the molecule is CN(C)CCN(C)C.Oc1[c-]cccc1.[Pd+][I]. The number of hydrogen-bond donors (Lipinski definition) is 1. The molecule has 0 fully saturated rings. The third-order valence-corrected chi connectivity index (χ3v) is 1.69. The topological polar surface area (TPSA) is 26.7 Å². The van der Waals surface area contributed by atoms with Crippen LogP contribution in [0.25, 0.3) is 0 Å². The number of nitrogens with zero attached hydrogens (tertiary/aromatic N) is 2. The summed E-state index contributed by atoms with van der Waals surface area (Å²) in [5.41, 5.74) is 0. The first-order valence-electron chi connectivity index (χ1n) is 5.09. The number of benzene rings is 1. The van der Waals surface area contributed by atoms with Gasteiger partial charge in [-0.25, -0.2) is 0 Å². The summed E-state index contributed by atoms with van der Waals surface area (Å²) in [6.07, 6.45) is 0. The van der Waals surface area contributed by atoms with Crippen molar-refractivity contribution < 1.29 is 20.7 Å². The second kappa shape index (κ2) is 14.4. The van der Waals surface area contributed by atoms with Gasteiger partial charge in [-0.15, -0.1) is 12.1 Å².